The highest BCUT2D eigenvalue weighted by Gasteiger charge is 2.22. The van der Waals surface area contributed by atoms with Crippen LogP contribution in [0.3, 0.4) is 0 Å². The fraction of sp³-hybridized carbons (Fsp3) is 0.588. The van der Waals surface area contributed by atoms with Gasteiger partial charge in [-0.25, -0.2) is 4.39 Å². The van der Waals surface area contributed by atoms with Gasteiger partial charge in [0.2, 0.25) is 5.91 Å². The zero-order valence-electron chi connectivity index (χ0n) is 13.3. The Hall–Kier alpha value is -1.50. The number of amides is 1. The summed E-state index contributed by atoms with van der Waals surface area (Å²) in [6.07, 6.45) is 2.20. The molecule has 2 N–H and O–H groups in total. The second-order valence-corrected chi connectivity index (χ2v) is 6.13. The zero-order chi connectivity index (χ0) is 16.1. The van der Waals surface area contributed by atoms with Gasteiger partial charge in [0, 0.05) is 50.9 Å². The number of benzene rings is 1. The van der Waals surface area contributed by atoms with Crippen molar-refractivity contribution < 1.29 is 13.9 Å². The average Bonchev–Trinajstić information content (AvgIpc) is 2.88. The highest BCUT2D eigenvalue weighted by atomic mass is 19.1. The van der Waals surface area contributed by atoms with E-state index < -0.39 is 0 Å². The van der Waals surface area contributed by atoms with Crippen molar-refractivity contribution >= 4 is 11.6 Å². The van der Waals surface area contributed by atoms with Crippen molar-refractivity contribution in [2.75, 3.05) is 44.7 Å². The average molecular weight is 321 g/mol. The van der Waals surface area contributed by atoms with E-state index >= 15 is 0 Å². The minimum atomic E-state index is -0.267. The summed E-state index contributed by atoms with van der Waals surface area (Å²) in [6, 6.07) is 4.56. The van der Waals surface area contributed by atoms with E-state index in [1.54, 1.807) is 6.07 Å². The van der Waals surface area contributed by atoms with E-state index in [4.69, 9.17) is 4.74 Å². The molecule has 2 heterocycles. The van der Waals surface area contributed by atoms with Crippen LogP contribution in [0, 0.1) is 5.82 Å². The fourth-order valence-electron chi connectivity index (χ4n) is 3.21. The van der Waals surface area contributed by atoms with Crippen LogP contribution in [-0.2, 0) is 9.53 Å². The van der Waals surface area contributed by atoms with E-state index in [0.717, 1.165) is 57.1 Å². The molecule has 1 fully saturated rings. The summed E-state index contributed by atoms with van der Waals surface area (Å²) in [5, 5.41) is 6.35. The van der Waals surface area contributed by atoms with E-state index in [2.05, 4.69) is 15.5 Å². The molecule has 0 bridgehead atoms. The molecule has 5 nitrogen and oxygen atoms in total. The third-order valence-electron chi connectivity index (χ3n) is 4.46. The van der Waals surface area contributed by atoms with Crippen LogP contribution in [-0.4, -0.2) is 50.2 Å². The molecule has 0 aromatic heterocycles. The molecule has 3 rings (SSSR count). The molecule has 6 heteroatoms. The van der Waals surface area contributed by atoms with E-state index in [1.165, 1.54) is 12.1 Å². The molecule has 0 spiro atoms. The van der Waals surface area contributed by atoms with Crippen LogP contribution in [0.2, 0.25) is 0 Å². The van der Waals surface area contributed by atoms with Crippen LogP contribution in [0.25, 0.3) is 0 Å². The number of nitrogens with one attached hydrogen (secondary N) is 2. The molecule has 1 aromatic rings. The van der Waals surface area contributed by atoms with Crippen LogP contribution >= 0.6 is 0 Å². The van der Waals surface area contributed by atoms with Crippen molar-refractivity contribution in [3.05, 3.63) is 29.6 Å². The first-order valence-electron chi connectivity index (χ1n) is 8.35. The Morgan fingerprint density at radius 3 is 3.17 bits per heavy atom. The number of ether oxygens (including phenoxy) is 1. The Labute approximate surface area is 136 Å². The fourth-order valence-corrected chi connectivity index (χ4v) is 3.21. The molecular formula is C17H24FN3O2. The first-order chi connectivity index (χ1) is 11.2. The van der Waals surface area contributed by atoms with Gasteiger partial charge in [-0.2, -0.15) is 0 Å². The summed E-state index contributed by atoms with van der Waals surface area (Å²) in [7, 11) is 0. The summed E-state index contributed by atoms with van der Waals surface area (Å²) < 4.78 is 19.1. The van der Waals surface area contributed by atoms with Gasteiger partial charge in [0.25, 0.3) is 0 Å². The lowest BCUT2D eigenvalue weighted by molar-refractivity contribution is -0.116. The molecule has 1 saturated heterocycles. The largest absolute Gasteiger partial charge is 0.380 e. The summed E-state index contributed by atoms with van der Waals surface area (Å²) in [4.78, 5) is 14.2. The number of carbonyl (C=O) groups is 1. The number of halogens is 1. The van der Waals surface area contributed by atoms with E-state index in [0.29, 0.717) is 12.8 Å². The molecule has 0 aliphatic carbocycles. The standard InChI is InChI=1S/C17H24FN3O2/c18-13-2-3-16-14(12-13)15(4-5-17(22)20-16)19-6-8-21-7-1-10-23-11-9-21/h2-3,12,15,19H,1,4-11H2,(H,20,22). The van der Waals surface area contributed by atoms with Gasteiger partial charge in [-0.15, -0.1) is 0 Å². The molecule has 1 atom stereocenters. The number of fused-ring (bicyclic) bond motifs is 1. The topological polar surface area (TPSA) is 53.6 Å². The lowest BCUT2D eigenvalue weighted by Gasteiger charge is -2.23. The Morgan fingerprint density at radius 1 is 1.35 bits per heavy atom. The molecule has 1 unspecified atom stereocenters. The molecule has 0 radical (unpaired) electrons. The molecule has 126 valence electrons. The van der Waals surface area contributed by atoms with E-state index in [-0.39, 0.29) is 17.8 Å². The third-order valence-corrected chi connectivity index (χ3v) is 4.46. The predicted molar refractivity (Wildman–Crippen MR) is 86.9 cm³/mol. The predicted octanol–water partition coefficient (Wildman–Crippen LogP) is 1.91. The van der Waals surface area contributed by atoms with Crippen molar-refractivity contribution in [3.63, 3.8) is 0 Å². The highest BCUT2D eigenvalue weighted by Crippen LogP contribution is 2.30. The molecule has 2 aliphatic rings. The quantitative estimate of drug-likeness (QED) is 0.889. The number of anilines is 1. The number of hydrogen-bond acceptors (Lipinski definition) is 4. The second kappa shape index (κ2) is 7.86. The van der Waals surface area contributed by atoms with Crippen molar-refractivity contribution in [1.29, 1.82) is 0 Å². The molecular weight excluding hydrogens is 297 g/mol. The normalized spacial score (nSPS) is 22.8. The van der Waals surface area contributed by atoms with E-state index in [9.17, 15) is 9.18 Å². The zero-order valence-corrected chi connectivity index (χ0v) is 13.3. The van der Waals surface area contributed by atoms with Crippen molar-refractivity contribution in [1.82, 2.24) is 10.2 Å². The smallest absolute Gasteiger partial charge is 0.224 e. The van der Waals surface area contributed by atoms with Crippen molar-refractivity contribution in [2.24, 2.45) is 0 Å². The monoisotopic (exact) mass is 321 g/mol. The Balaban J connectivity index is 1.60. The highest BCUT2D eigenvalue weighted by molar-refractivity contribution is 5.92. The van der Waals surface area contributed by atoms with Crippen molar-refractivity contribution in [3.8, 4) is 0 Å². The van der Waals surface area contributed by atoms with Crippen LogP contribution in [0.1, 0.15) is 30.9 Å². The lowest BCUT2D eigenvalue weighted by Crippen LogP contribution is -2.35. The van der Waals surface area contributed by atoms with Gasteiger partial charge < -0.3 is 15.4 Å². The third kappa shape index (κ3) is 4.50. The summed E-state index contributed by atoms with van der Waals surface area (Å²) in [5.41, 5.74) is 1.56. The number of rotatable bonds is 4. The van der Waals surface area contributed by atoms with Crippen LogP contribution in [0.5, 0.6) is 0 Å². The number of carbonyl (C=O) groups excluding carboxylic acids is 1. The maximum Gasteiger partial charge on any atom is 0.224 e. The number of nitrogens with zero attached hydrogens (tertiary/aromatic N) is 1. The van der Waals surface area contributed by atoms with Gasteiger partial charge >= 0.3 is 0 Å². The van der Waals surface area contributed by atoms with Crippen LogP contribution in [0.15, 0.2) is 18.2 Å². The summed E-state index contributed by atoms with van der Waals surface area (Å²) >= 11 is 0. The maximum absolute atomic E-state index is 13.6. The molecule has 1 amide bonds. The molecule has 2 aliphatic heterocycles. The minimum Gasteiger partial charge on any atom is -0.380 e. The molecule has 0 saturated carbocycles. The van der Waals surface area contributed by atoms with Gasteiger partial charge in [0.1, 0.15) is 5.82 Å². The van der Waals surface area contributed by atoms with Gasteiger partial charge in [0.15, 0.2) is 0 Å². The van der Waals surface area contributed by atoms with Crippen molar-refractivity contribution in [2.45, 2.75) is 25.3 Å². The molecule has 23 heavy (non-hydrogen) atoms. The second-order valence-electron chi connectivity index (χ2n) is 6.13. The van der Waals surface area contributed by atoms with Crippen LogP contribution < -0.4 is 10.6 Å². The Bertz CT molecular complexity index is 545. The van der Waals surface area contributed by atoms with Crippen LogP contribution in [0.4, 0.5) is 10.1 Å². The first-order valence-corrected chi connectivity index (χ1v) is 8.35. The SMILES string of the molecule is O=C1CCC(NCCN2CCCOCC2)c2cc(F)ccc2N1. The minimum absolute atomic E-state index is 0.00266. The lowest BCUT2D eigenvalue weighted by atomic mass is 10.0. The van der Waals surface area contributed by atoms with Gasteiger partial charge in [-0.1, -0.05) is 0 Å². The summed E-state index contributed by atoms with van der Waals surface area (Å²) in [5.74, 6) is -0.275. The maximum atomic E-state index is 13.6. The Kier molecular flexibility index (Phi) is 5.59. The number of hydrogen-bond donors (Lipinski definition) is 2. The first kappa shape index (κ1) is 16.4. The molecule has 1 aromatic carbocycles. The van der Waals surface area contributed by atoms with E-state index in [1.807, 2.05) is 0 Å². The van der Waals surface area contributed by atoms with Gasteiger partial charge in [-0.3, -0.25) is 9.69 Å². The Morgan fingerprint density at radius 2 is 2.26 bits per heavy atom. The van der Waals surface area contributed by atoms with Gasteiger partial charge in [0.05, 0.1) is 6.61 Å². The summed E-state index contributed by atoms with van der Waals surface area (Å²) in [6.45, 7) is 5.39. The van der Waals surface area contributed by atoms with Gasteiger partial charge in [-0.05, 0) is 36.6 Å².